The molecule has 4 nitrogen and oxygen atoms in total. The average Bonchev–Trinajstić information content (AvgIpc) is 2.34. The summed E-state index contributed by atoms with van der Waals surface area (Å²) in [5.74, 6) is -0.259. The zero-order chi connectivity index (χ0) is 14.5. The van der Waals surface area contributed by atoms with Crippen molar-refractivity contribution in [2.75, 3.05) is 13.2 Å². The van der Waals surface area contributed by atoms with Crippen LogP contribution in [0.3, 0.4) is 0 Å². The van der Waals surface area contributed by atoms with Crippen LogP contribution in [0.5, 0.6) is 5.75 Å². The third-order valence-electron chi connectivity index (χ3n) is 2.68. The van der Waals surface area contributed by atoms with Gasteiger partial charge in [0.1, 0.15) is 11.6 Å². The number of hydrogen-bond donors (Lipinski definition) is 2. The third kappa shape index (κ3) is 5.70. The maximum atomic E-state index is 12.6. The number of carbonyl (C=O) groups excluding carboxylic acids is 1. The molecular formula is C14H20FNO3. The van der Waals surface area contributed by atoms with Crippen molar-refractivity contribution in [3.8, 4) is 5.75 Å². The third-order valence-corrected chi connectivity index (χ3v) is 2.68. The fourth-order valence-electron chi connectivity index (χ4n) is 1.25. The first-order valence-corrected chi connectivity index (χ1v) is 6.12. The number of carbonyl (C=O) groups is 1. The van der Waals surface area contributed by atoms with E-state index in [4.69, 9.17) is 4.74 Å². The highest BCUT2D eigenvalue weighted by Gasteiger charge is 2.22. The van der Waals surface area contributed by atoms with E-state index in [0.29, 0.717) is 5.75 Å². The van der Waals surface area contributed by atoms with Crippen molar-refractivity contribution in [2.45, 2.75) is 26.9 Å². The first-order chi connectivity index (χ1) is 8.79. The fraction of sp³-hybridized carbons (Fsp3) is 0.500. The van der Waals surface area contributed by atoms with Crippen LogP contribution in [-0.4, -0.2) is 30.3 Å². The van der Waals surface area contributed by atoms with Crippen LogP contribution in [0.2, 0.25) is 0 Å². The lowest BCUT2D eigenvalue weighted by molar-refractivity contribution is -0.123. The molecule has 0 saturated heterocycles. The molecule has 0 fully saturated rings. The predicted octanol–water partition coefficient (Wildman–Crippen LogP) is 1.73. The van der Waals surface area contributed by atoms with E-state index in [1.54, 1.807) is 0 Å². The van der Waals surface area contributed by atoms with Crippen LogP contribution >= 0.6 is 0 Å². The molecule has 0 aliphatic heterocycles. The Morgan fingerprint density at radius 2 is 1.95 bits per heavy atom. The minimum atomic E-state index is -0.623. The van der Waals surface area contributed by atoms with E-state index in [1.165, 1.54) is 24.3 Å². The number of aliphatic hydroxyl groups excluding tert-OH is 1. The molecule has 1 rings (SSSR count). The van der Waals surface area contributed by atoms with Gasteiger partial charge in [-0.05, 0) is 29.7 Å². The molecule has 5 heteroatoms. The Morgan fingerprint density at radius 1 is 1.37 bits per heavy atom. The molecule has 1 amide bonds. The number of halogens is 1. The van der Waals surface area contributed by atoms with Gasteiger partial charge in [-0.3, -0.25) is 4.79 Å². The van der Waals surface area contributed by atoms with Crippen LogP contribution < -0.4 is 10.1 Å². The second-order valence-electron chi connectivity index (χ2n) is 5.43. The second-order valence-corrected chi connectivity index (χ2v) is 5.43. The summed E-state index contributed by atoms with van der Waals surface area (Å²) >= 11 is 0. The van der Waals surface area contributed by atoms with Gasteiger partial charge in [0.2, 0.25) is 0 Å². The summed E-state index contributed by atoms with van der Waals surface area (Å²) in [6.45, 7) is 5.67. The standard InChI is InChI=1S/C14H20FNO3/c1-14(2,3)12(17)8-16-13(18)9-19-11-6-4-10(15)5-7-11/h4-7,12,17H,8-9H2,1-3H3,(H,16,18). The van der Waals surface area contributed by atoms with Gasteiger partial charge < -0.3 is 15.2 Å². The highest BCUT2D eigenvalue weighted by Crippen LogP contribution is 2.18. The maximum absolute atomic E-state index is 12.6. The van der Waals surface area contributed by atoms with Crippen molar-refractivity contribution < 1.29 is 19.0 Å². The summed E-state index contributed by atoms with van der Waals surface area (Å²) in [5.41, 5.74) is -0.287. The lowest BCUT2D eigenvalue weighted by Gasteiger charge is -2.25. The molecule has 0 aliphatic carbocycles. The molecular weight excluding hydrogens is 249 g/mol. The van der Waals surface area contributed by atoms with Gasteiger partial charge in [-0.1, -0.05) is 20.8 Å². The number of amides is 1. The van der Waals surface area contributed by atoms with Gasteiger partial charge in [-0.2, -0.15) is 0 Å². The van der Waals surface area contributed by atoms with E-state index in [0.717, 1.165) is 0 Å². The van der Waals surface area contributed by atoms with E-state index >= 15 is 0 Å². The molecule has 1 atom stereocenters. The Labute approximate surface area is 112 Å². The van der Waals surface area contributed by atoms with Crippen molar-refractivity contribution in [1.29, 1.82) is 0 Å². The summed E-state index contributed by atoms with van der Waals surface area (Å²) in [4.78, 5) is 11.5. The molecule has 1 unspecified atom stereocenters. The summed E-state index contributed by atoms with van der Waals surface area (Å²) in [6, 6.07) is 5.42. The normalized spacial score (nSPS) is 12.9. The average molecular weight is 269 g/mol. The van der Waals surface area contributed by atoms with Gasteiger partial charge in [0, 0.05) is 6.54 Å². The van der Waals surface area contributed by atoms with Crippen molar-refractivity contribution in [2.24, 2.45) is 5.41 Å². The molecule has 0 saturated carbocycles. The van der Waals surface area contributed by atoms with Crippen LogP contribution in [0.25, 0.3) is 0 Å². The lowest BCUT2D eigenvalue weighted by Crippen LogP contribution is -2.40. The molecule has 19 heavy (non-hydrogen) atoms. The van der Waals surface area contributed by atoms with E-state index in [2.05, 4.69) is 5.32 Å². The Hall–Kier alpha value is -1.62. The van der Waals surface area contributed by atoms with Crippen LogP contribution in [0.1, 0.15) is 20.8 Å². The topological polar surface area (TPSA) is 58.6 Å². The number of benzene rings is 1. The van der Waals surface area contributed by atoms with E-state index < -0.39 is 6.10 Å². The van der Waals surface area contributed by atoms with Crippen molar-refractivity contribution >= 4 is 5.91 Å². The number of aliphatic hydroxyl groups is 1. The minimum absolute atomic E-state index is 0.164. The van der Waals surface area contributed by atoms with Gasteiger partial charge in [0.05, 0.1) is 6.10 Å². The van der Waals surface area contributed by atoms with Crippen LogP contribution in [0.15, 0.2) is 24.3 Å². The molecule has 1 aromatic carbocycles. The highest BCUT2D eigenvalue weighted by molar-refractivity contribution is 5.77. The quantitative estimate of drug-likeness (QED) is 0.856. The zero-order valence-corrected chi connectivity index (χ0v) is 11.4. The van der Waals surface area contributed by atoms with Crippen molar-refractivity contribution in [1.82, 2.24) is 5.32 Å². The number of nitrogens with one attached hydrogen (secondary N) is 1. The second kappa shape index (κ2) is 6.52. The molecule has 106 valence electrons. The van der Waals surface area contributed by atoms with Crippen LogP contribution in [0, 0.1) is 11.2 Å². The molecule has 0 aliphatic rings. The fourth-order valence-corrected chi connectivity index (χ4v) is 1.25. The first kappa shape index (κ1) is 15.4. The van der Waals surface area contributed by atoms with Gasteiger partial charge in [-0.25, -0.2) is 4.39 Å². The Morgan fingerprint density at radius 3 is 2.47 bits per heavy atom. The van der Waals surface area contributed by atoms with E-state index in [-0.39, 0.29) is 30.3 Å². The van der Waals surface area contributed by atoms with Gasteiger partial charge in [0.15, 0.2) is 6.61 Å². The van der Waals surface area contributed by atoms with Gasteiger partial charge in [-0.15, -0.1) is 0 Å². The van der Waals surface area contributed by atoms with Crippen LogP contribution in [0.4, 0.5) is 4.39 Å². The smallest absolute Gasteiger partial charge is 0.258 e. The van der Waals surface area contributed by atoms with Crippen molar-refractivity contribution in [3.05, 3.63) is 30.1 Å². The van der Waals surface area contributed by atoms with Crippen molar-refractivity contribution in [3.63, 3.8) is 0 Å². The summed E-state index contributed by atoms with van der Waals surface area (Å²) in [6.07, 6.45) is -0.623. The largest absolute Gasteiger partial charge is 0.484 e. The minimum Gasteiger partial charge on any atom is -0.484 e. The molecule has 1 aromatic rings. The monoisotopic (exact) mass is 269 g/mol. The Kier molecular flexibility index (Phi) is 5.30. The van der Waals surface area contributed by atoms with Gasteiger partial charge in [0.25, 0.3) is 5.91 Å². The predicted molar refractivity (Wildman–Crippen MR) is 70.4 cm³/mol. The summed E-state index contributed by atoms with van der Waals surface area (Å²) < 4.78 is 17.8. The first-order valence-electron chi connectivity index (χ1n) is 6.12. The molecule has 0 aromatic heterocycles. The Balaban J connectivity index is 2.30. The van der Waals surface area contributed by atoms with Gasteiger partial charge >= 0.3 is 0 Å². The Bertz CT molecular complexity index is 412. The number of ether oxygens (including phenoxy) is 1. The molecule has 0 spiro atoms. The molecule has 0 heterocycles. The number of rotatable bonds is 5. The highest BCUT2D eigenvalue weighted by atomic mass is 19.1. The lowest BCUT2D eigenvalue weighted by atomic mass is 9.89. The molecule has 2 N–H and O–H groups in total. The molecule has 0 bridgehead atoms. The van der Waals surface area contributed by atoms with E-state index in [9.17, 15) is 14.3 Å². The van der Waals surface area contributed by atoms with Crippen LogP contribution in [-0.2, 0) is 4.79 Å². The van der Waals surface area contributed by atoms with E-state index in [1.807, 2.05) is 20.8 Å². The summed E-state index contributed by atoms with van der Waals surface area (Å²) in [7, 11) is 0. The number of hydrogen-bond acceptors (Lipinski definition) is 3. The zero-order valence-electron chi connectivity index (χ0n) is 11.4. The SMILES string of the molecule is CC(C)(C)C(O)CNC(=O)COc1ccc(F)cc1. The maximum Gasteiger partial charge on any atom is 0.258 e. The molecule has 0 radical (unpaired) electrons. The summed E-state index contributed by atoms with van der Waals surface area (Å²) in [5, 5.41) is 12.3.